The molecule has 2 aromatic rings. The van der Waals surface area contributed by atoms with E-state index in [0.29, 0.717) is 25.1 Å². The summed E-state index contributed by atoms with van der Waals surface area (Å²) >= 11 is 0. The lowest BCUT2D eigenvalue weighted by molar-refractivity contribution is -0.133. The number of halogens is 1. The Hall–Kier alpha value is -2.69. The van der Waals surface area contributed by atoms with Crippen molar-refractivity contribution in [2.24, 2.45) is 5.92 Å². The van der Waals surface area contributed by atoms with Crippen LogP contribution in [0, 0.1) is 11.7 Å². The minimum Gasteiger partial charge on any atom is -0.338 e. The SMILES string of the molecule is CC(=O)Nc1cccc2c1CCN(C(=O)[C@H]1C[C@H]1c1ccccc1F)C2. The van der Waals surface area contributed by atoms with Crippen molar-refractivity contribution in [2.45, 2.75) is 32.2 Å². The Kier molecular flexibility index (Phi) is 4.23. The fourth-order valence-corrected chi connectivity index (χ4v) is 3.93. The van der Waals surface area contributed by atoms with Crippen LogP contribution in [0.4, 0.5) is 10.1 Å². The molecule has 2 amide bonds. The summed E-state index contributed by atoms with van der Waals surface area (Å²) in [5, 5.41) is 2.86. The van der Waals surface area contributed by atoms with Gasteiger partial charge in [0.05, 0.1) is 0 Å². The number of amides is 2. The third-order valence-corrected chi connectivity index (χ3v) is 5.30. The molecule has 2 aromatic carbocycles. The number of hydrogen-bond donors (Lipinski definition) is 1. The second kappa shape index (κ2) is 6.56. The first-order valence-electron chi connectivity index (χ1n) is 8.96. The van der Waals surface area contributed by atoms with Crippen LogP contribution in [0.3, 0.4) is 0 Å². The van der Waals surface area contributed by atoms with Gasteiger partial charge >= 0.3 is 0 Å². The van der Waals surface area contributed by atoms with Gasteiger partial charge in [0.15, 0.2) is 0 Å². The van der Waals surface area contributed by atoms with E-state index in [1.54, 1.807) is 12.1 Å². The van der Waals surface area contributed by atoms with Gasteiger partial charge in [0.25, 0.3) is 0 Å². The van der Waals surface area contributed by atoms with Gasteiger partial charge in [0, 0.05) is 31.6 Å². The summed E-state index contributed by atoms with van der Waals surface area (Å²) in [5.74, 6) is -0.337. The first-order chi connectivity index (χ1) is 12.5. The molecule has 1 heterocycles. The first kappa shape index (κ1) is 16.8. The number of rotatable bonds is 3. The molecule has 0 aromatic heterocycles. The number of carbonyl (C=O) groups is 2. The van der Waals surface area contributed by atoms with Crippen LogP contribution in [0.5, 0.6) is 0 Å². The van der Waals surface area contributed by atoms with Crippen molar-refractivity contribution in [3.05, 3.63) is 65.0 Å². The molecule has 1 fully saturated rings. The molecule has 1 aliphatic carbocycles. The molecule has 4 nitrogen and oxygen atoms in total. The van der Waals surface area contributed by atoms with Gasteiger partial charge in [-0.15, -0.1) is 0 Å². The molecule has 2 atom stereocenters. The molecule has 2 aliphatic rings. The maximum Gasteiger partial charge on any atom is 0.226 e. The molecular formula is C21H21FN2O2. The molecule has 0 spiro atoms. The van der Waals surface area contributed by atoms with Gasteiger partial charge in [-0.25, -0.2) is 4.39 Å². The van der Waals surface area contributed by atoms with E-state index in [-0.39, 0.29) is 29.5 Å². The molecule has 26 heavy (non-hydrogen) atoms. The van der Waals surface area contributed by atoms with Gasteiger partial charge in [-0.3, -0.25) is 9.59 Å². The van der Waals surface area contributed by atoms with Crippen LogP contribution < -0.4 is 5.32 Å². The van der Waals surface area contributed by atoms with Crippen molar-refractivity contribution < 1.29 is 14.0 Å². The number of benzene rings is 2. The van der Waals surface area contributed by atoms with Crippen molar-refractivity contribution in [1.82, 2.24) is 4.90 Å². The third-order valence-electron chi connectivity index (χ3n) is 5.30. The summed E-state index contributed by atoms with van der Waals surface area (Å²) in [6.07, 6.45) is 1.43. The smallest absolute Gasteiger partial charge is 0.226 e. The van der Waals surface area contributed by atoms with Crippen molar-refractivity contribution in [1.29, 1.82) is 0 Å². The van der Waals surface area contributed by atoms with E-state index in [0.717, 1.165) is 23.2 Å². The highest BCUT2D eigenvalue weighted by Gasteiger charge is 2.47. The lowest BCUT2D eigenvalue weighted by Crippen LogP contribution is -2.37. The van der Waals surface area contributed by atoms with Crippen molar-refractivity contribution in [2.75, 3.05) is 11.9 Å². The maximum atomic E-state index is 13.9. The van der Waals surface area contributed by atoms with Crippen LogP contribution in [-0.2, 0) is 22.6 Å². The van der Waals surface area contributed by atoms with Gasteiger partial charge in [-0.1, -0.05) is 30.3 Å². The molecule has 0 bridgehead atoms. The molecule has 0 saturated heterocycles. The number of nitrogens with one attached hydrogen (secondary N) is 1. The number of fused-ring (bicyclic) bond motifs is 1. The number of hydrogen-bond acceptors (Lipinski definition) is 2. The monoisotopic (exact) mass is 352 g/mol. The molecule has 134 valence electrons. The zero-order valence-corrected chi connectivity index (χ0v) is 14.7. The molecule has 1 N–H and O–H groups in total. The Morgan fingerprint density at radius 1 is 1.15 bits per heavy atom. The number of carbonyl (C=O) groups excluding carboxylic acids is 2. The Labute approximate surface area is 152 Å². The van der Waals surface area contributed by atoms with Gasteiger partial charge in [-0.05, 0) is 47.6 Å². The quantitative estimate of drug-likeness (QED) is 0.919. The van der Waals surface area contributed by atoms with Crippen molar-refractivity contribution >= 4 is 17.5 Å². The standard InChI is InChI=1S/C21H21FN2O2/c1-13(25)23-20-8-4-5-14-12-24(10-9-15(14)20)21(26)18-11-17(18)16-6-2-3-7-19(16)22/h2-8,17-18H,9-12H2,1H3,(H,23,25)/t17-,18-/m0/s1. The summed E-state index contributed by atoms with van der Waals surface area (Å²) in [6.45, 7) is 2.67. The highest BCUT2D eigenvalue weighted by Crippen LogP contribution is 2.49. The van der Waals surface area contributed by atoms with Crippen LogP contribution >= 0.6 is 0 Å². The van der Waals surface area contributed by atoms with Crippen molar-refractivity contribution in [3.63, 3.8) is 0 Å². The zero-order valence-electron chi connectivity index (χ0n) is 14.7. The summed E-state index contributed by atoms with van der Waals surface area (Å²) in [6, 6.07) is 12.5. The molecular weight excluding hydrogens is 331 g/mol. The van der Waals surface area contributed by atoms with E-state index in [2.05, 4.69) is 5.32 Å². The van der Waals surface area contributed by atoms with Gasteiger partial charge in [0.1, 0.15) is 5.82 Å². The normalized spacial score (nSPS) is 21.1. The molecule has 4 rings (SSSR count). The number of nitrogens with zero attached hydrogens (tertiary/aromatic N) is 1. The van der Waals surface area contributed by atoms with E-state index < -0.39 is 0 Å². The van der Waals surface area contributed by atoms with E-state index in [1.165, 1.54) is 13.0 Å². The summed E-state index contributed by atoms with van der Waals surface area (Å²) in [5.41, 5.74) is 3.65. The molecule has 1 saturated carbocycles. The lowest BCUT2D eigenvalue weighted by atomic mass is 9.97. The van der Waals surface area contributed by atoms with Crippen LogP contribution in [0.15, 0.2) is 42.5 Å². The zero-order chi connectivity index (χ0) is 18.3. The first-order valence-corrected chi connectivity index (χ1v) is 8.96. The summed E-state index contributed by atoms with van der Waals surface area (Å²) in [7, 11) is 0. The highest BCUT2D eigenvalue weighted by atomic mass is 19.1. The fraction of sp³-hybridized carbons (Fsp3) is 0.333. The van der Waals surface area contributed by atoms with Crippen molar-refractivity contribution in [3.8, 4) is 0 Å². The van der Waals surface area contributed by atoms with Gasteiger partial charge < -0.3 is 10.2 Å². The van der Waals surface area contributed by atoms with Crippen LogP contribution in [-0.4, -0.2) is 23.3 Å². The van der Waals surface area contributed by atoms with E-state index >= 15 is 0 Å². The lowest BCUT2D eigenvalue weighted by Gasteiger charge is -2.30. The Balaban J connectivity index is 1.47. The topological polar surface area (TPSA) is 49.4 Å². The third kappa shape index (κ3) is 3.09. The van der Waals surface area contributed by atoms with Gasteiger partial charge in [-0.2, -0.15) is 0 Å². The van der Waals surface area contributed by atoms with Crippen LogP contribution in [0.2, 0.25) is 0 Å². The highest BCUT2D eigenvalue weighted by molar-refractivity contribution is 5.90. The van der Waals surface area contributed by atoms with Crippen LogP contribution in [0.1, 0.15) is 36.0 Å². The van der Waals surface area contributed by atoms with Crippen LogP contribution in [0.25, 0.3) is 0 Å². The number of anilines is 1. The average molecular weight is 352 g/mol. The largest absolute Gasteiger partial charge is 0.338 e. The minimum atomic E-state index is -0.225. The second-order valence-corrected chi connectivity index (χ2v) is 7.10. The second-order valence-electron chi connectivity index (χ2n) is 7.10. The maximum absolute atomic E-state index is 13.9. The average Bonchev–Trinajstić information content (AvgIpc) is 3.41. The molecule has 1 aliphatic heterocycles. The van der Waals surface area contributed by atoms with E-state index in [4.69, 9.17) is 0 Å². The Morgan fingerprint density at radius 2 is 1.96 bits per heavy atom. The Morgan fingerprint density at radius 3 is 2.73 bits per heavy atom. The van der Waals surface area contributed by atoms with E-state index in [1.807, 2.05) is 29.2 Å². The Bertz CT molecular complexity index is 880. The predicted octanol–water partition coefficient (Wildman–Crippen LogP) is 3.47. The predicted molar refractivity (Wildman–Crippen MR) is 97.1 cm³/mol. The summed E-state index contributed by atoms with van der Waals surface area (Å²) < 4.78 is 13.9. The fourth-order valence-electron chi connectivity index (χ4n) is 3.93. The molecule has 0 radical (unpaired) electrons. The minimum absolute atomic E-state index is 0.00388. The summed E-state index contributed by atoms with van der Waals surface area (Å²) in [4.78, 5) is 26.1. The molecule has 5 heteroatoms. The van der Waals surface area contributed by atoms with E-state index in [9.17, 15) is 14.0 Å². The molecule has 0 unspecified atom stereocenters. The van der Waals surface area contributed by atoms with Gasteiger partial charge in [0.2, 0.25) is 11.8 Å².